The second kappa shape index (κ2) is 4.82. The lowest BCUT2D eigenvalue weighted by molar-refractivity contribution is -0.286. The molecule has 0 aliphatic carbocycles. The third-order valence-electron chi connectivity index (χ3n) is 2.30. The van der Waals surface area contributed by atoms with Crippen molar-refractivity contribution in [1.82, 2.24) is 5.32 Å². The Morgan fingerprint density at radius 3 is 2.63 bits per heavy atom. The first kappa shape index (κ1) is 13.8. The van der Waals surface area contributed by atoms with Crippen LogP contribution in [0.3, 0.4) is 0 Å². The minimum absolute atomic E-state index is 0.131. The first-order valence-electron chi connectivity index (χ1n) is 5.36. The predicted molar refractivity (Wildman–Crippen MR) is 64.0 cm³/mol. The summed E-state index contributed by atoms with van der Waals surface area (Å²) in [5, 5.41) is 2.70. The van der Waals surface area contributed by atoms with Gasteiger partial charge in [0.1, 0.15) is 0 Å². The smallest absolute Gasteiger partial charge is 0.395 e. The van der Waals surface area contributed by atoms with Crippen molar-refractivity contribution in [1.29, 1.82) is 0 Å². The van der Waals surface area contributed by atoms with Crippen LogP contribution < -0.4 is 19.5 Å². The quantitative estimate of drug-likeness (QED) is 0.846. The number of rotatable bonds is 5. The summed E-state index contributed by atoms with van der Waals surface area (Å²) in [5.41, 5.74) is 0.135. The molecule has 0 bridgehead atoms. The number of ether oxygens (including phenoxy) is 2. The third kappa shape index (κ3) is 3.44. The molecular formula is C10H12F2N2O4S. The van der Waals surface area contributed by atoms with Crippen molar-refractivity contribution in [2.75, 3.05) is 24.1 Å². The Hall–Kier alpha value is -1.61. The van der Waals surface area contributed by atoms with Crippen molar-refractivity contribution < 1.29 is 26.7 Å². The Labute approximate surface area is 108 Å². The molecule has 1 aromatic carbocycles. The molecule has 19 heavy (non-hydrogen) atoms. The lowest BCUT2D eigenvalue weighted by atomic mass is 10.3. The Morgan fingerprint density at radius 1 is 1.26 bits per heavy atom. The molecule has 1 heterocycles. The van der Waals surface area contributed by atoms with E-state index in [1.807, 2.05) is 0 Å². The van der Waals surface area contributed by atoms with Crippen molar-refractivity contribution >= 4 is 15.7 Å². The van der Waals surface area contributed by atoms with Gasteiger partial charge in [-0.25, -0.2) is 8.42 Å². The van der Waals surface area contributed by atoms with Gasteiger partial charge in [0, 0.05) is 12.6 Å². The maximum Gasteiger partial charge on any atom is 0.586 e. The summed E-state index contributed by atoms with van der Waals surface area (Å²) in [5.74, 6) is -0.476. The molecule has 1 aliphatic heterocycles. The monoisotopic (exact) mass is 294 g/mol. The maximum absolute atomic E-state index is 12.8. The van der Waals surface area contributed by atoms with E-state index >= 15 is 0 Å². The molecule has 0 spiro atoms. The Balaban J connectivity index is 2.12. The molecule has 0 atom stereocenters. The fraction of sp³-hybridized carbons (Fsp3) is 0.400. The number of anilines is 1. The van der Waals surface area contributed by atoms with Crippen molar-refractivity contribution in [2.24, 2.45) is 0 Å². The molecule has 6 nitrogen and oxygen atoms in total. The van der Waals surface area contributed by atoms with Gasteiger partial charge < -0.3 is 14.8 Å². The number of nitrogens with one attached hydrogen (secondary N) is 2. The Bertz CT molecular complexity index is 577. The predicted octanol–water partition coefficient (Wildman–Crippen LogP) is 0.969. The van der Waals surface area contributed by atoms with Crippen LogP contribution in [0, 0.1) is 0 Å². The number of halogens is 2. The number of fused-ring (bicyclic) bond motifs is 1. The number of hydrogen-bond donors (Lipinski definition) is 2. The van der Waals surface area contributed by atoms with Gasteiger partial charge in [0.2, 0.25) is 10.0 Å². The van der Waals surface area contributed by atoms with Crippen LogP contribution in [0.25, 0.3) is 0 Å². The van der Waals surface area contributed by atoms with Gasteiger partial charge in [0.25, 0.3) is 0 Å². The van der Waals surface area contributed by atoms with Crippen LogP contribution in [0.4, 0.5) is 14.5 Å². The fourth-order valence-corrected chi connectivity index (χ4v) is 2.54. The molecular weight excluding hydrogens is 282 g/mol. The van der Waals surface area contributed by atoms with E-state index in [1.165, 1.54) is 12.1 Å². The van der Waals surface area contributed by atoms with Gasteiger partial charge >= 0.3 is 6.29 Å². The van der Waals surface area contributed by atoms with Gasteiger partial charge in [-0.05, 0) is 19.2 Å². The molecule has 2 rings (SSSR count). The Kier molecular flexibility index (Phi) is 3.50. The van der Waals surface area contributed by atoms with Gasteiger partial charge in [-0.3, -0.25) is 4.72 Å². The first-order valence-corrected chi connectivity index (χ1v) is 7.01. The van der Waals surface area contributed by atoms with Gasteiger partial charge in [0.05, 0.1) is 11.4 Å². The highest BCUT2D eigenvalue weighted by Gasteiger charge is 2.43. The second-order valence-electron chi connectivity index (χ2n) is 3.85. The molecule has 106 valence electrons. The summed E-state index contributed by atoms with van der Waals surface area (Å²) in [6, 6.07) is 3.68. The normalized spacial score (nSPS) is 16.4. The zero-order chi connectivity index (χ0) is 14.1. The molecule has 1 aromatic rings. The van der Waals surface area contributed by atoms with Crippen molar-refractivity contribution in [3.8, 4) is 11.5 Å². The molecule has 2 N–H and O–H groups in total. The molecule has 0 radical (unpaired) electrons. The number of hydrogen-bond acceptors (Lipinski definition) is 5. The minimum atomic E-state index is -3.72. The average molecular weight is 294 g/mol. The number of sulfonamides is 1. The van der Waals surface area contributed by atoms with E-state index in [0.29, 0.717) is 0 Å². The molecule has 1 aliphatic rings. The van der Waals surface area contributed by atoms with Crippen LogP contribution in [-0.4, -0.2) is 34.1 Å². The molecule has 0 aromatic heterocycles. The second-order valence-corrected chi connectivity index (χ2v) is 5.70. The van der Waals surface area contributed by atoms with E-state index in [1.54, 1.807) is 7.05 Å². The van der Waals surface area contributed by atoms with Gasteiger partial charge in [-0.15, -0.1) is 8.78 Å². The molecule has 0 saturated carbocycles. The summed E-state index contributed by atoms with van der Waals surface area (Å²) in [4.78, 5) is 0. The highest BCUT2D eigenvalue weighted by Crippen LogP contribution is 2.42. The van der Waals surface area contributed by atoms with Gasteiger partial charge in [-0.2, -0.15) is 0 Å². The zero-order valence-electron chi connectivity index (χ0n) is 9.94. The summed E-state index contributed by atoms with van der Waals surface area (Å²) in [6.07, 6.45) is -3.72. The Morgan fingerprint density at radius 2 is 1.95 bits per heavy atom. The van der Waals surface area contributed by atoms with Crippen molar-refractivity contribution in [3.63, 3.8) is 0 Å². The lowest BCUT2D eigenvalue weighted by Crippen LogP contribution is -2.26. The van der Waals surface area contributed by atoms with Crippen LogP contribution in [0.2, 0.25) is 0 Å². The summed E-state index contributed by atoms with van der Waals surface area (Å²) >= 11 is 0. The highest BCUT2D eigenvalue weighted by atomic mass is 32.2. The fourth-order valence-electron chi connectivity index (χ4n) is 1.48. The van der Waals surface area contributed by atoms with E-state index < -0.39 is 16.3 Å². The lowest BCUT2D eigenvalue weighted by Gasteiger charge is -2.08. The largest absolute Gasteiger partial charge is 0.586 e. The van der Waals surface area contributed by atoms with Crippen LogP contribution >= 0.6 is 0 Å². The van der Waals surface area contributed by atoms with E-state index in [2.05, 4.69) is 19.5 Å². The molecule has 0 saturated heterocycles. The average Bonchev–Trinajstić information content (AvgIpc) is 2.59. The summed E-state index contributed by atoms with van der Waals surface area (Å²) < 4.78 is 59.5. The standard InChI is InChI=1S/C10H12F2N2O4S/c1-13-4-5-19(15,16)14-7-2-3-8-9(6-7)18-10(11,12)17-8/h2-3,6,13-14H,4-5H2,1H3. The van der Waals surface area contributed by atoms with E-state index in [0.717, 1.165) is 6.07 Å². The molecule has 9 heteroatoms. The SMILES string of the molecule is CNCCS(=O)(=O)Nc1ccc2c(c1)OC(F)(F)O2. The van der Waals surface area contributed by atoms with Crippen molar-refractivity contribution in [3.05, 3.63) is 18.2 Å². The van der Waals surface area contributed by atoms with Crippen LogP contribution in [0.5, 0.6) is 11.5 Å². The molecule has 0 unspecified atom stereocenters. The minimum Gasteiger partial charge on any atom is -0.395 e. The third-order valence-corrected chi connectivity index (χ3v) is 3.58. The van der Waals surface area contributed by atoms with Crippen molar-refractivity contribution in [2.45, 2.75) is 6.29 Å². The van der Waals surface area contributed by atoms with Gasteiger partial charge in [0.15, 0.2) is 11.5 Å². The van der Waals surface area contributed by atoms with E-state index in [-0.39, 0.29) is 29.5 Å². The summed E-state index contributed by atoms with van der Waals surface area (Å²) in [6.45, 7) is 0.276. The van der Waals surface area contributed by atoms with Crippen LogP contribution in [0.15, 0.2) is 18.2 Å². The first-order chi connectivity index (χ1) is 8.81. The number of benzene rings is 1. The van der Waals surface area contributed by atoms with E-state index in [9.17, 15) is 17.2 Å². The summed E-state index contributed by atoms with van der Waals surface area (Å²) in [7, 11) is -1.92. The topological polar surface area (TPSA) is 76.7 Å². The van der Waals surface area contributed by atoms with Crippen LogP contribution in [-0.2, 0) is 10.0 Å². The van der Waals surface area contributed by atoms with Gasteiger partial charge in [-0.1, -0.05) is 0 Å². The maximum atomic E-state index is 12.8. The van der Waals surface area contributed by atoms with Crippen LogP contribution in [0.1, 0.15) is 0 Å². The van der Waals surface area contributed by atoms with E-state index in [4.69, 9.17) is 0 Å². The zero-order valence-corrected chi connectivity index (χ0v) is 10.8. The number of alkyl halides is 2. The highest BCUT2D eigenvalue weighted by molar-refractivity contribution is 7.92. The molecule has 0 fully saturated rings. The molecule has 0 amide bonds.